The average molecular weight is 246 g/mol. The van der Waals surface area contributed by atoms with Gasteiger partial charge in [-0.2, -0.15) is 5.10 Å². The van der Waals surface area contributed by atoms with E-state index in [2.05, 4.69) is 40.0 Å². The number of nitrogens with zero attached hydrogens (tertiary/aromatic N) is 3. The molecule has 0 saturated carbocycles. The Kier molecular flexibility index (Phi) is 2.29. The lowest BCUT2D eigenvalue weighted by Gasteiger charge is -2.28. The van der Waals surface area contributed by atoms with Gasteiger partial charge in [0.05, 0.1) is 23.3 Å². The van der Waals surface area contributed by atoms with Gasteiger partial charge in [-0.25, -0.2) is 4.68 Å². The predicted molar refractivity (Wildman–Crippen MR) is 52.9 cm³/mol. The molecule has 0 N–H and O–H groups in total. The van der Waals surface area contributed by atoms with Crippen LogP contribution in [0.2, 0.25) is 0 Å². The summed E-state index contributed by atoms with van der Waals surface area (Å²) < 4.78 is 8.40. The molecular weight excluding hydrogens is 234 g/mol. The van der Waals surface area contributed by atoms with Crippen molar-refractivity contribution in [3.05, 3.63) is 10.7 Å². The van der Waals surface area contributed by atoms with Crippen LogP contribution < -0.4 is 4.74 Å². The molecule has 0 aliphatic carbocycles. The minimum atomic E-state index is 0.416. The van der Waals surface area contributed by atoms with Gasteiger partial charge in [-0.05, 0) is 30.0 Å². The number of hydrogen-bond acceptors (Lipinski definition) is 3. The van der Waals surface area contributed by atoms with Crippen LogP contribution in [-0.2, 0) is 6.54 Å². The van der Waals surface area contributed by atoms with Crippen LogP contribution in [0, 0.1) is 0 Å². The monoisotopic (exact) mass is 245 g/mol. The Morgan fingerprint density at radius 3 is 3.15 bits per heavy atom. The molecule has 13 heavy (non-hydrogen) atoms. The first-order valence-electron chi connectivity index (χ1n) is 4.19. The second-order valence-electron chi connectivity index (χ2n) is 3.41. The van der Waals surface area contributed by atoms with Crippen molar-refractivity contribution in [2.75, 3.05) is 20.7 Å². The van der Waals surface area contributed by atoms with Gasteiger partial charge in [0.2, 0.25) is 5.88 Å². The molecule has 5 heteroatoms. The van der Waals surface area contributed by atoms with Crippen molar-refractivity contribution in [1.82, 2.24) is 14.7 Å². The Balaban J connectivity index is 2.21. The number of ether oxygens (including phenoxy) is 1. The summed E-state index contributed by atoms with van der Waals surface area (Å²) in [5, 5.41) is 4.21. The summed E-state index contributed by atoms with van der Waals surface area (Å²) in [7, 11) is 4.11. The molecule has 2 rings (SSSR count). The number of rotatable bonds is 1. The Hall–Kier alpha value is -0.550. The third-order valence-electron chi connectivity index (χ3n) is 2.28. The zero-order chi connectivity index (χ0) is 9.42. The molecule has 0 fully saturated rings. The quantitative estimate of drug-likeness (QED) is 0.739. The van der Waals surface area contributed by atoms with E-state index >= 15 is 0 Å². The van der Waals surface area contributed by atoms with Crippen molar-refractivity contribution in [3.63, 3.8) is 0 Å². The molecule has 1 aromatic heterocycles. The second kappa shape index (κ2) is 3.31. The third-order valence-corrected chi connectivity index (χ3v) is 2.82. The highest BCUT2D eigenvalue weighted by Gasteiger charge is 2.23. The smallest absolute Gasteiger partial charge is 0.226 e. The molecule has 0 amide bonds. The fourth-order valence-electron chi connectivity index (χ4n) is 1.36. The van der Waals surface area contributed by atoms with Gasteiger partial charge < -0.3 is 9.64 Å². The largest absolute Gasteiger partial charge is 0.475 e. The van der Waals surface area contributed by atoms with Crippen molar-refractivity contribution < 1.29 is 4.74 Å². The molecule has 0 aromatic carbocycles. The van der Waals surface area contributed by atoms with Crippen molar-refractivity contribution in [2.24, 2.45) is 0 Å². The Labute approximate surface area is 85.6 Å². The molecule has 72 valence electrons. The highest BCUT2D eigenvalue weighted by Crippen LogP contribution is 2.27. The topological polar surface area (TPSA) is 30.3 Å². The van der Waals surface area contributed by atoms with E-state index in [0.29, 0.717) is 6.04 Å². The fourth-order valence-corrected chi connectivity index (χ4v) is 1.78. The summed E-state index contributed by atoms with van der Waals surface area (Å²) in [4.78, 5) is 2.15. The normalized spacial score (nSPS) is 21.4. The van der Waals surface area contributed by atoms with Gasteiger partial charge in [0.1, 0.15) is 6.61 Å². The van der Waals surface area contributed by atoms with E-state index in [9.17, 15) is 0 Å². The summed E-state index contributed by atoms with van der Waals surface area (Å²) in [6.07, 6.45) is 1.77. The Bertz CT molecular complexity index is 310. The van der Waals surface area contributed by atoms with Crippen LogP contribution >= 0.6 is 15.9 Å². The first kappa shape index (κ1) is 9.02. The molecule has 1 aromatic rings. The van der Waals surface area contributed by atoms with Gasteiger partial charge in [0.25, 0.3) is 0 Å². The molecule has 0 spiro atoms. The number of aromatic nitrogens is 2. The fraction of sp³-hybridized carbons (Fsp3) is 0.625. The minimum Gasteiger partial charge on any atom is -0.475 e. The van der Waals surface area contributed by atoms with E-state index in [1.807, 2.05) is 4.68 Å². The van der Waals surface area contributed by atoms with Gasteiger partial charge in [-0.3, -0.25) is 0 Å². The van der Waals surface area contributed by atoms with E-state index in [0.717, 1.165) is 23.5 Å². The van der Waals surface area contributed by atoms with Crippen LogP contribution in [0.5, 0.6) is 5.88 Å². The lowest BCUT2D eigenvalue weighted by atomic mass is 10.3. The lowest BCUT2D eigenvalue weighted by molar-refractivity contribution is 0.119. The molecule has 0 saturated heterocycles. The number of halogens is 1. The molecular formula is C8H12BrN3O. The van der Waals surface area contributed by atoms with Crippen LogP contribution in [0.4, 0.5) is 0 Å². The zero-order valence-corrected chi connectivity index (χ0v) is 9.28. The van der Waals surface area contributed by atoms with Gasteiger partial charge >= 0.3 is 0 Å². The molecule has 1 aliphatic rings. The van der Waals surface area contributed by atoms with E-state index in [4.69, 9.17) is 4.74 Å². The highest BCUT2D eigenvalue weighted by atomic mass is 79.9. The van der Waals surface area contributed by atoms with E-state index in [1.54, 1.807) is 6.20 Å². The van der Waals surface area contributed by atoms with E-state index in [-0.39, 0.29) is 0 Å². The minimum absolute atomic E-state index is 0.416. The summed E-state index contributed by atoms with van der Waals surface area (Å²) >= 11 is 3.39. The van der Waals surface area contributed by atoms with Crippen LogP contribution in [0.25, 0.3) is 0 Å². The van der Waals surface area contributed by atoms with Crippen molar-refractivity contribution in [2.45, 2.75) is 12.6 Å². The maximum atomic E-state index is 5.58. The molecule has 4 nitrogen and oxygen atoms in total. The van der Waals surface area contributed by atoms with Crippen molar-refractivity contribution in [3.8, 4) is 5.88 Å². The Morgan fingerprint density at radius 1 is 1.69 bits per heavy atom. The molecule has 1 atom stereocenters. The molecule has 2 heterocycles. The SMILES string of the molecule is CN(C)[C@@H]1COc2c(Br)cnn2C1. The standard InChI is InChI=1S/C8H12BrN3O/c1-11(2)6-4-12-8(13-5-6)7(9)3-10-12/h3,6H,4-5H2,1-2H3/t6-/m0/s1. The summed E-state index contributed by atoms with van der Waals surface area (Å²) in [6, 6.07) is 0.416. The predicted octanol–water partition coefficient (Wildman–Crippen LogP) is 0.968. The molecule has 0 bridgehead atoms. The number of likely N-dealkylation sites (N-methyl/N-ethyl adjacent to an activating group) is 1. The average Bonchev–Trinajstić information content (AvgIpc) is 2.47. The number of fused-ring (bicyclic) bond motifs is 1. The van der Waals surface area contributed by atoms with Gasteiger partial charge in [0.15, 0.2) is 0 Å². The van der Waals surface area contributed by atoms with Crippen molar-refractivity contribution >= 4 is 15.9 Å². The lowest BCUT2D eigenvalue weighted by Crippen LogP contribution is -2.41. The Morgan fingerprint density at radius 2 is 2.46 bits per heavy atom. The van der Waals surface area contributed by atoms with Gasteiger partial charge in [-0.15, -0.1) is 0 Å². The summed E-state index contributed by atoms with van der Waals surface area (Å²) in [5.74, 6) is 0.845. The second-order valence-corrected chi connectivity index (χ2v) is 4.26. The first-order valence-corrected chi connectivity index (χ1v) is 4.98. The number of hydrogen-bond donors (Lipinski definition) is 0. The van der Waals surface area contributed by atoms with Crippen LogP contribution in [0.15, 0.2) is 10.7 Å². The summed E-state index contributed by atoms with van der Waals surface area (Å²) in [6.45, 7) is 1.63. The molecule has 0 radical (unpaired) electrons. The van der Waals surface area contributed by atoms with Gasteiger partial charge in [0, 0.05) is 0 Å². The van der Waals surface area contributed by atoms with E-state index < -0.39 is 0 Å². The summed E-state index contributed by atoms with van der Waals surface area (Å²) in [5.41, 5.74) is 0. The molecule has 1 aliphatic heterocycles. The van der Waals surface area contributed by atoms with Crippen LogP contribution in [0.3, 0.4) is 0 Å². The third kappa shape index (κ3) is 1.58. The maximum Gasteiger partial charge on any atom is 0.226 e. The molecule has 0 unspecified atom stereocenters. The maximum absolute atomic E-state index is 5.58. The first-order chi connectivity index (χ1) is 6.18. The van der Waals surface area contributed by atoms with Crippen molar-refractivity contribution in [1.29, 1.82) is 0 Å². The van der Waals surface area contributed by atoms with Crippen LogP contribution in [0.1, 0.15) is 0 Å². The van der Waals surface area contributed by atoms with Crippen LogP contribution in [-0.4, -0.2) is 41.4 Å². The highest BCUT2D eigenvalue weighted by molar-refractivity contribution is 9.10. The van der Waals surface area contributed by atoms with Gasteiger partial charge in [-0.1, -0.05) is 0 Å². The zero-order valence-electron chi connectivity index (χ0n) is 7.70. The van der Waals surface area contributed by atoms with E-state index in [1.165, 1.54) is 0 Å².